The molecule has 0 N–H and O–H groups in total. The second-order valence-electron chi connectivity index (χ2n) is 21.6. The van der Waals surface area contributed by atoms with Crippen LogP contribution in [0.1, 0.15) is 316 Å². The molecule has 0 aliphatic heterocycles. The van der Waals surface area contributed by atoms with Gasteiger partial charge in [0, 0.05) is 19.3 Å². The minimum Gasteiger partial charge on any atom is -0.462 e. The summed E-state index contributed by atoms with van der Waals surface area (Å²) in [4.78, 5) is 38.3. The van der Waals surface area contributed by atoms with Crippen molar-refractivity contribution in [2.24, 2.45) is 0 Å². The van der Waals surface area contributed by atoms with Gasteiger partial charge < -0.3 is 14.2 Å². The maximum absolute atomic E-state index is 12.9. The second kappa shape index (κ2) is 64.9. The van der Waals surface area contributed by atoms with E-state index in [1.165, 1.54) is 167 Å². The fourth-order valence-electron chi connectivity index (χ4n) is 9.14. The highest BCUT2D eigenvalue weighted by Crippen LogP contribution is 2.16. The number of unbranched alkanes of at least 4 members (excludes halogenated alkanes) is 32. The number of ether oxygens (including phenoxy) is 3. The summed E-state index contributed by atoms with van der Waals surface area (Å²) in [7, 11) is 0. The van der Waals surface area contributed by atoms with E-state index in [0.717, 1.165) is 109 Å². The van der Waals surface area contributed by atoms with Crippen LogP contribution in [0.3, 0.4) is 0 Å². The molecule has 6 nitrogen and oxygen atoms in total. The molecule has 0 saturated carbocycles. The van der Waals surface area contributed by atoms with E-state index in [2.05, 4.69) is 118 Å². The molecule has 0 fully saturated rings. The summed E-state index contributed by atoms with van der Waals surface area (Å²) in [5.41, 5.74) is 0. The van der Waals surface area contributed by atoms with Crippen molar-refractivity contribution in [2.45, 2.75) is 322 Å². The lowest BCUT2D eigenvalue weighted by Gasteiger charge is -2.18. The van der Waals surface area contributed by atoms with E-state index in [4.69, 9.17) is 14.2 Å². The first-order valence-electron chi connectivity index (χ1n) is 32.7. The van der Waals surface area contributed by atoms with Crippen LogP contribution in [-0.4, -0.2) is 37.2 Å². The van der Waals surface area contributed by atoms with Crippen molar-refractivity contribution in [2.75, 3.05) is 13.2 Å². The lowest BCUT2D eigenvalue weighted by molar-refractivity contribution is -0.167. The molecule has 6 heteroatoms. The second-order valence-corrected chi connectivity index (χ2v) is 21.6. The quantitative estimate of drug-likeness (QED) is 0.0261. The average molecular weight is 1070 g/mol. The van der Waals surface area contributed by atoms with Crippen LogP contribution in [0, 0.1) is 0 Å². The Morgan fingerprint density at radius 2 is 0.506 bits per heavy atom. The topological polar surface area (TPSA) is 78.9 Å². The summed E-state index contributed by atoms with van der Waals surface area (Å²) in [5.74, 6) is -0.890. The fraction of sp³-hybridized carbons (Fsp3) is 0.732. The summed E-state index contributed by atoms with van der Waals surface area (Å²) in [6.07, 6.45) is 87.0. The van der Waals surface area contributed by atoms with Gasteiger partial charge in [0.05, 0.1) is 0 Å². The van der Waals surface area contributed by atoms with E-state index >= 15 is 0 Å². The van der Waals surface area contributed by atoms with Crippen molar-refractivity contribution in [1.29, 1.82) is 0 Å². The van der Waals surface area contributed by atoms with E-state index in [9.17, 15) is 14.4 Å². The molecule has 0 rings (SSSR count). The van der Waals surface area contributed by atoms with Crippen molar-refractivity contribution in [1.82, 2.24) is 0 Å². The van der Waals surface area contributed by atoms with Gasteiger partial charge in [0.25, 0.3) is 0 Å². The molecule has 0 aliphatic rings. The summed E-state index contributed by atoms with van der Waals surface area (Å²) in [6, 6.07) is 0. The molecular formula is C71H122O6. The number of esters is 3. The highest BCUT2D eigenvalue weighted by Gasteiger charge is 2.19. The van der Waals surface area contributed by atoms with Crippen molar-refractivity contribution >= 4 is 17.9 Å². The maximum atomic E-state index is 12.9. The standard InChI is InChI=1S/C71H122O6/c1-4-7-10-13-16-19-22-25-27-29-31-32-33-34-35-36-37-38-39-40-41-43-44-46-49-52-55-58-61-64-70(73)76-67-68(66-75-69(72)63-60-57-54-51-48-24-21-18-15-12-9-6-3)77-71(74)65-62-59-56-53-50-47-45-42-30-28-26-23-20-17-14-11-8-5-2/h7,10,16,18-21,23,25,27-28,30-32,34-35,68H,4-6,8-9,11-15,17,22,24,26,29,33,36-67H2,1-3H3/b10-7-,19-16-,21-18-,23-20-,27-25-,30-28-,32-31-,35-34-. The Kier molecular flexibility index (Phi) is 61.8. The molecule has 0 aliphatic carbocycles. The monoisotopic (exact) mass is 1070 g/mol. The molecule has 0 aromatic carbocycles. The Morgan fingerprint density at radius 3 is 0.831 bits per heavy atom. The van der Waals surface area contributed by atoms with E-state index in [-0.39, 0.29) is 31.1 Å². The first kappa shape index (κ1) is 73.3. The molecule has 442 valence electrons. The Balaban J connectivity index is 4.25. The molecule has 0 spiro atoms. The van der Waals surface area contributed by atoms with Gasteiger partial charge in [-0.25, -0.2) is 0 Å². The number of carbonyl (C=O) groups excluding carboxylic acids is 3. The van der Waals surface area contributed by atoms with Gasteiger partial charge in [-0.1, -0.05) is 272 Å². The molecule has 0 heterocycles. The molecule has 0 aromatic rings. The molecule has 0 amide bonds. The van der Waals surface area contributed by atoms with Crippen molar-refractivity contribution in [3.8, 4) is 0 Å². The Labute approximate surface area is 477 Å². The van der Waals surface area contributed by atoms with Crippen LogP contribution < -0.4 is 0 Å². The van der Waals surface area contributed by atoms with Gasteiger partial charge in [0.1, 0.15) is 13.2 Å². The lowest BCUT2D eigenvalue weighted by atomic mass is 10.0. The van der Waals surface area contributed by atoms with Gasteiger partial charge in [0.15, 0.2) is 6.10 Å². The summed E-state index contributed by atoms with van der Waals surface area (Å²) < 4.78 is 16.9. The molecule has 0 radical (unpaired) electrons. The number of rotatable bonds is 59. The molecule has 1 unspecified atom stereocenters. The van der Waals surface area contributed by atoms with Gasteiger partial charge in [0.2, 0.25) is 0 Å². The number of allylic oxidation sites excluding steroid dienone is 16. The minimum absolute atomic E-state index is 0.0823. The van der Waals surface area contributed by atoms with Crippen molar-refractivity contribution < 1.29 is 28.6 Å². The average Bonchev–Trinajstić information content (AvgIpc) is 3.43. The fourth-order valence-corrected chi connectivity index (χ4v) is 9.14. The van der Waals surface area contributed by atoms with Crippen LogP contribution in [0.2, 0.25) is 0 Å². The Morgan fingerprint density at radius 1 is 0.273 bits per heavy atom. The van der Waals surface area contributed by atoms with Gasteiger partial charge in [-0.2, -0.15) is 0 Å². The van der Waals surface area contributed by atoms with Crippen LogP contribution in [0.25, 0.3) is 0 Å². The van der Waals surface area contributed by atoms with E-state index in [1.54, 1.807) is 0 Å². The normalized spacial score (nSPS) is 12.7. The van der Waals surface area contributed by atoms with Crippen molar-refractivity contribution in [3.05, 3.63) is 97.2 Å². The van der Waals surface area contributed by atoms with Crippen molar-refractivity contribution in [3.63, 3.8) is 0 Å². The molecule has 0 aromatic heterocycles. The molecule has 0 saturated heterocycles. The maximum Gasteiger partial charge on any atom is 0.306 e. The third kappa shape index (κ3) is 63.0. The summed E-state index contributed by atoms with van der Waals surface area (Å²) >= 11 is 0. The highest BCUT2D eigenvalue weighted by atomic mass is 16.6. The predicted molar refractivity (Wildman–Crippen MR) is 334 cm³/mol. The van der Waals surface area contributed by atoms with Crippen LogP contribution in [0.4, 0.5) is 0 Å². The zero-order valence-corrected chi connectivity index (χ0v) is 50.7. The largest absolute Gasteiger partial charge is 0.462 e. The summed E-state index contributed by atoms with van der Waals surface area (Å²) in [5, 5.41) is 0. The van der Waals surface area contributed by atoms with Gasteiger partial charge in [-0.3, -0.25) is 14.4 Å². The van der Waals surface area contributed by atoms with E-state index in [0.29, 0.717) is 19.3 Å². The predicted octanol–water partition coefficient (Wildman–Crippen LogP) is 22.4. The first-order valence-corrected chi connectivity index (χ1v) is 32.7. The van der Waals surface area contributed by atoms with Crippen LogP contribution >= 0.6 is 0 Å². The zero-order chi connectivity index (χ0) is 55.7. The Hall–Kier alpha value is -3.67. The van der Waals surface area contributed by atoms with Gasteiger partial charge in [-0.15, -0.1) is 0 Å². The minimum atomic E-state index is -0.786. The van der Waals surface area contributed by atoms with Crippen LogP contribution in [0.15, 0.2) is 97.2 Å². The Bertz CT molecular complexity index is 1510. The third-order valence-electron chi connectivity index (χ3n) is 14.0. The van der Waals surface area contributed by atoms with Gasteiger partial charge >= 0.3 is 17.9 Å². The van der Waals surface area contributed by atoms with Crippen LogP contribution in [-0.2, 0) is 28.6 Å². The molecule has 77 heavy (non-hydrogen) atoms. The third-order valence-corrected chi connectivity index (χ3v) is 14.0. The van der Waals surface area contributed by atoms with Crippen LogP contribution in [0.5, 0.6) is 0 Å². The summed E-state index contributed by atoms with van der Waals surface area (Å²) in [6.45, 7) is 6.50. The molecular weight excluding hydrogens is 949 g/mol. The SMILES string of the molecule is CC/C=C\C/C=C\C/C=C\C/C=C\C/C=C\CCCCCCCCCCCCCCCC(=O)OCC(COC(=O)CCCCCCC/C=C\CCCCC)OC(=O)CCCCCCCCC/C=C\C/C=C\CCCCCC. The number of hydrogen-bond donors (Lipinski definition) is 0. The molecule has 1 atom stereocenters. The van der Waals surface area contributed by atoms with E-state index < -0.39 is 6.10 Å². The lowest BCUT2D eigenvalue weighted by Crippen LogP contribution is -2.30. The van der Waals surface area contributed by atoms with E-state index in [1.807, 2.05) is 0 Å². The number of carbonyl (C=O) groups is 3. The zero-order valence-electron chi connectivity index (χ0n) is 50.7. The number of hydrogen-bond acceptors (Lipinski definition) is 6. The smallest absolute Gasteiger partial charge is 0.306 e. The first-order chi connectivity index (χ1) is 38.0. The van der Waals surface area contributed by atoms with Gasteiger partial charge in [-0.05, 0) is 122 Å². The highest BCUT2D eigenvalue weighted by molar-refractivity contribution is 5.71. The molecule has 0 bridgehead atoms.